The quantitative estimate of drug-likeness (QED) is 0.354. The van der Waals surface area contributed by atoms with Crippen LogP contribution in [0.2, 0.25) is 10.0 Å². The lowest BCUT2D eigenvalue weighted by Gasteiger charge is -2.15. The molecule has 9 heteroatoms. The molecule has 2 heterocycles. The molecule has 1 aliphatic heterocycles. The van der Waals surface area contributed by atoms with E-state index in [1.807, 2.05) is 0 Å². The maximum atomic E-state index is 12.2. The summed E-state index contributed by atoms with van der Waals surface area (Å²) in [5, 5.41) is 4.82. The number of ether oxygens (including phenoxy) is 2. The van der Waals surface area contributed by atoms with E-state index in [2.05, 4.69) is 34.3 Å². The molecule has 0 bridgehead atoms. The number of hydrogen-bond acceptors (Lipinski definition) is 6. The van der Waals surface area contributed by atoms with Crippen molar-refractivity contribution in [1.82, 2.24) is 14.7 Å². The summed E-state index contributed by atoms with van der Waals surface area (Å²) in [6.45, 7) is 3.28. The van der Waals surface area contributed by atoms with E-state index in [-0.39, 0.29) is 16.8 Å². The second-order valence-corrected chi connectivity index (χ2v) is 8.39. The Kier molecular flexibility index (Phi) is 6.09. The molecule has 0 atom stereocenters. The van der Waals surface area contributed by atoms with Crippen LogP contribution in [0.5, 0.6) is 17.6 Å². The first-order valence-corrected chi connectivity index (χ1v) is 11.1. The summed E-state index contributed by atoms with van der Waals surface area (Å²) < 4.78 is 17.5. The van der Waals surface area contributed by atoms with E-state index >= 15 is 0 Å². The van der Waals surface area contributed by atoms with Crippen LogP contribution in [0.15, 0.2) is 75.9 Å². The number of benzene rings is 3. The van der Waals surface area contributed by atoms with Crippen LogP contribution in [0.4, 0.5) is 0 Å². The van der Waals surface area contributed by atoms with Gasteiger partial charge in [0.1, 0.15) is 12.4 Å². The van der Waals surface area contributed by atoms with E-state index in [0.29, 0.717) is 23.1 Å². The normalized spacial score (nSPS) is 13.2. The highest BCUT2D eigenvalue weighted by atomic mass is 35.5. The van der Waals surface area contributed by atoms with Crippen molar-refractivity contribution >= 4 is 23.2 Å². The molecule has 0 unspecified atom stereocenters. The fourth-order valence-electron chi connectivity index (χ4n) is 3.66. The summed E-state index contributed by atoms with van der Waals surface area (Å²) >= 11 is 12.0. The third-order valence-electron chi connectivity index (χ3n) is 5.28. The molecule has 0 N–H and O–H groups in total. The van der Waals surface area contributed by atoms with Gasteiger partial charge in [0.15, 0.2) is 5.75 Å². The van der Waals surface area contributed by atoms with Gasteiger partial charge in [-0.05, 0) is 53.6 Å². The number of fused-ring (bicyclic) bond motifs is 1. The van der Waals surface area contributed by atoms with Gasteiger partial charge in [-0.3, -0.25) is 4.90 Å². The summed E-state index contributed by atoms with van der Waals surface area (Å²) in [5.74, 6) is 0.299. The van der Waals surface area contributed by atoms with Crippen LogP contribution >= 0.6 is 23.2 Å². The molecule has 33 heavy (non-hydrogen) atoms. The fourth-order valence-corrected chi connectivity index (χ4v) is 4.10. The highest BCUT2D eigenvalue weighted by Gasteiger charge is 2.18. The van der Waals surface area contributed by atoms with Crippen molar-refractivity contribution in [2.75, 3.05) is 13.2 Å². The number of aromatic nitrogens is 2. The van der Waals surface area contributed by atoms with E-state index in [1.54, 1.807) is 36.4 Å². The molecular formula is C24H19Cl2N3O4. The van der Waals surface area contributed by atoms with Gasteiger partial charge in [0.05, 0.1) is 10.7 Å². The SMILES string of the molecule is O=c1oc(Oc2ccc(Cl)cc2Cl)nn1-c1ccc(OCCN2Cc3ccccc3C2)cc1. The molecule has 0 fully saturated rings. The number of hydrogen-bond donors (Lipinski definition) is 0. The standard InChI is InChI=1S/C24H19Cl2N3O4/c25-18-5-10-22(21(26)13-18)32-23-27-29(24(30)33-23)19-6-8-20(9-7-19)31-12-11-28-14-16-3-1-2-4-17(16)15-28/h1-10,13H,11-12,14-15H2. The Balaban J connectivity index is 1.19. The number of rotatable bonds is 7. The van der Waals surface area contributed by atoms with Gasteiger partial charge in [0.2, 0.25) is 0 Å². The lowest BCUT2D eigenvalue weighted by molar-refractivity contribution is 0.211. The molecule has 0 saturated carbocycles. The van der Waals surface area contributed by atoms with Crippen molar-refractivity contribution in [3.8, 4) is 23.3 Å². The van der Waals surface area contributed by atoms with Crippen LogP contribution < -0.4 is 15.2 Å². The molecule has 7 nitrogen and oxygen atoms in total. The Morgan fingerprint density at radius 1 is 0.970 bits per heavy atom. The molecule has 0 radical (unpaired) electrons. The van der Waals surface area contributed by atoms with Crippen molar-refractivity contribution in [3.63, 3.8) is 0 Å². The van der Waals surface area contributed by atoms with Crippen LogP contribution in [0, 0.1) is 0 Å². The first-order chi connectivity index (χ1) is 16.0. The summed E-state index contributed by atoms with van der Waals surface area (Å²) in [6.07, 6.45) is -0.226. The predicted octanol–water partition coefficient (Wildman–Crippen LogP) is 5.32. The molecule has 0 spiro atoms. The Bertz CT molecular complexity index is 1310. The highest BCUT2D eigenvalue weighted by molar-refractivity contribution is 6.35. The Morgan fingerprint density at radius 3 is 2.39 bits per heavy atom. The third kappa shape index (κ3) is 4.90. The van der Waals surface area contributed by atoms with E-state index < -0.39 is 5.76 Å². The van der Waals surface area contributed by atoms with Crippen LogP contribution in [-0.2, 0) is 13.1 Å². The predicted molar refractivity (Wildman–Crippen MR) is 125 cm³/mol. The zero-order valence-electron chi connectivity index (χ0n) is 17.4. The van der Waals surface area contributed by atoms with Crippen molar-refractivity contribution in [1.29, 1.82) is 0 Å². The summed E-state index contributed by atoms with van der Waals surface area (Å²) in [6, 6.07) is 20.2. The average Bonchev–Trinajstić information content (AvgIpc) is 3.39. The molecule has 168 valence electrons. The minimum Gasteiger partial charge on any atom is -0.492 e. The largest absolute Gasteiger partial charge is 0.492 e. The number of nitrogens with zero attached hydrogens (tertiary/aromatic N) is 3. The van der Waals surface area contributed by atoms with Crippen molar-refractivity contribution < 1.29 is 13.9 Å². The molecule has 0 saturated heterocycles. The maximum Gasteiger partial charge on any atom is 0.444 e. The van der Waals surface area contributed by atoms with Crippen LogP contribution in [0.25, 0.3) is 5.69 Å². The zero-order chi connectivity index (χ0) is 22.8. The molecular weight excluding hydrogens is 465 g/mol. The highest BCUT2D eigenvalue weighted by Crippen LogP contribution is 2.30. The lowest BCUT2D eigenvalue weighted by Crippen LogP contribution is -2.22. The Morgan fingerprint density at radius 2 is 1.70 bits per heavy atom. The Labute approximate surface area is 199 Å². The van der Waals surface area contributed by atoms with Crippen LogP contribution in [-0.4, -0.2) is 27.8 Å². The van der Waals surface area contributed by atoms with Gasteiger partial charge in [-0.1, -0.05) is 52.6 Å². The topological polar surface area (TPSA) is 69.7 Å². The maximum absolute atomic E-state index is 12.2. The van der Waals surface area contributed by atoms with Gasteiger partial charge in [0.25, 0.3) is 0 Å². The molecule has 4 aromatic rings. The first kappa shape index (κ1) is 21.6. The first-order valence-electron chi connectivity index (χ1n) is 10.3. The van der Waals surface area contributed by atoms with Crippen molar-refractivity contribution in [2.45, 2.75) is 13.1 Å². The zero-order valence-corrected chi connectivity index (χ0v) is 18.9. The van der Waals surface area contributed by atoms with Gasteiger partial charge in [-0.2, -0.15) is 4.68 Å². The second kappa shape index (κ2) is 9.31. The molecule has 5 rings (SSSR count). The minimum absolute atomic E-state index is 0.226. The minimum atomic E-state index is -0.683. The van der Waals surface area contributed by atoms with Gasteiger partial charge >= 0.3 is 11.8 Å². The van der Waals surface area contributed by atoms with Crippen LogP contribution in [0.1, 0.15) is 11.1 Å². The third-order valence-corrected chi connectivity index (χ3v) is 5.81. The molecule has 0 aliphatic carbocycles. The van der Waals surface area contributed by atoms with E-state index in [1.165, 1.54) is 17.2 Å². The van der Waals surface area contributed by atoms with Gasteiger partial charge in [-0.25, -0.2) is 4.79 Å². The van der Waals surface area contributed by atoms with Crippen molar-refractivity contribution in [3.05, 3.63) is 98.5 Å². The summed E-state index contributed by atoms with van der Waals surface area (Å²) in [4.78, 5) is 14.6. The van der Waals surface area contributed by atoms with Crippen molar-refractivity contribution in [2.24, 2.45) is 0 Å². The smallest absolute Gasteiger partial charge is 0.444 e. The molecule has 0 amide bonds. The van der Waals surface area contributed by atoms with E-state index in [0.717, 1.165) is 24.3 Å². The monoisotopic (exact) mass is 483 g/mol. The molecule has 1 aliphatic rings. The average molecular weight is 484 g/mol. The van der Waals surface area contributed by atoms with Gasteiger partial charge in [-0.15, -0.1) is 0 Å². The molecule has 1 aromatic heterocycles. The fraction of sp³-hybridized carbons (Fsp3) is 0.167. The van der Waals surface area contributed by atoms with E-state index in [9.17, 15) is 4.79 Å². The Hall–Kier alpha value is -3.26. The van der Waals surface area contributed by atoms with Gasteiger partial charge < -0.3 is 13.9 Å². The molecule has 3 aromatic carbocycles. The van der Waals surface area contributed by atoms with E-state index in [4.69, 9.17) is 37.1 Å². The number of halogens is 2. The lowest BCUT2D eigenvalue weighted by atomic mass is 10.1. The second-order valence-electron chi connectivity index (χ2n) is 7.54. The van der Waals surface area contributed by atoms with Gasteiger partial charge in [0, 0.05) is 24.7 Å². The summed E-state index contributed by atoms with van der Waals surface area (Å²) in [5.41, 5.74) is 3.27. The van der Waals surface area contributed by atoms with Crippen LogP contribution in [0.3, 0.4) is 0 Å². The summed E-state index contributed by atoms with van der Waals surface area (Å²) in [7, 11) is 0.